The van der Waals surface area contributed by atoms with Crippen LogP contribution < -0.4 is 9.47 Å². The smallest absolute Gasteiger partial charge is 0.335 e. The third kappa shape index (κ3) is 5.52. The topological polar surface area (TPSA) is 86.0 Å². The Bertz CT molecular complexity index is 1600. The zero-order chi connectivity index (χ0) is 28.7. The summed E-state index contributed by atoms with van der Waals surface area (Å²) in [4.78, 5) is 19.2. The normalized spacial score (nSPS) is 18.6. The number of ether oxygens (including phenoxy) is 3. The Kier molecular flexibility index (Phi) is 7.64. The van der Waals surface area contributed by atoms with Gasteiger partial charge in [0.15, 0.2) is 0 Å². The number of aromatic carboxylic acids is 1. The second-order valence-electron chi connectivity index (χ2n) is 10.9. The van der Waals surface area contributed by atoms with Gasteiger partial charge in [-0.3, -0.25) is 4.90 Å². The Labute approximate surface area is 244 Å². The van der Waals surface area contributed by atoms with E-state index in [9.17, 15) is 9.90 Å². The van der Waals surface area contributed by atoms with Gasteiger partial charge in [0.25, 0.3) is 0 Å². The van der Waals surface area contributed by atoms with Gasteiger partial charge in [-0.05, 0) is 67.6 Å². The molecule has 0 radical (unpaired) electrons. The summed E-state index contributed by atoms with van der Waals surface area (Å²) in [6, 6.07) is 15.7. The average Bonchev–Trinajstić information content (AvgIpc) is 3.28. The molecule has 1 aromatic heterocycles. The number of carboxylic acids is 1. The van der Waals surface area contributed by atoms with Gasteiger partial charge in [0.1, 0.15) is 29.4 Å². The number of carbonyl (C=O) groups is 1. The van der Waals surface area contributed by atoms with Crippen molar-refractivity contribution in [3.63, 3.8) is 0 Å². The molecule has 2 atom stereocenters. The van der Waals surface area contributed by atoms with Crippen molar-refractivity contribution in [3.8, 4) is 11.5 Å². The lowest BCUT2D eigenvalue weighted by Crippen LogP contribution is -2.36. The van der Waals surface area contributed by atoms with Crippen molar-refractivity contribution >= 4 is 28.6 Å². The molecule has 2 aliphatic heterocycles. The summed E-state index contributed by atoms with van der Waals surface area (Å²) < 4.78 is 19.6. The highest BCUT2D eigenvalue weighted by Crippen LogP contribution is 2.38. The number of carboxylic acid groups (broad SMARTS) is 1. The summed E-state index contributed by atoms with van der Waals surface area (Å²) in [6.45, 7) is 7.50. The lowest BCUT2D eigenvalue weighted by Gasteiger charge is -2.36. The zero-order valence-corrected chi connectivity index (χ0v) is 24.3. The maximum atomic E-state index is 11.9. The van der Waals surface area contributed by atoms with Crippen LogP contribution in [-0.2, 0) is 30.9 Å². The van der Waals surface area contributed by atoms with Gasteiger partial charge < -0.3 is 23.9 Å². The number of halogens is 1. The van der Waals surface area contributed by atoms with E-state index in [1.807, 2.05) is 6.07 Å². The Balaban J connectivity index is 1.29. The maximum Gasteiger partial charge on any atom is 0.335 e. The summed E-state index contributed by atoms with van der Waals surface area (Å²) in [6.07, 6.45) is 1.91. The van der Waals surface area contributed by atoms with E-state index in [1.54, 1.807) is 13.2 Å². The van der Waals surface area contributed by atoms with E-state index >= 15 is 0 Å². The van der Waals surface area contributed by atoms with Crippen LogP contribution in [0.5, 0.6) is 11.5 Å². The molecular weight excluding hydrogens is 542 g/mol. The van der Waals surface area contributed by atoms with Gasteiger partial charge in [0.2, 0.25) is 0 Å². The number of imidazole rings is 1. The molecule has 9 heteroatoms. The summed E-state index contributed by atoms with van der Waals surface area (Å²) >= 11 is 6.65. The first-order chi connectivity index (χ1) is 19.8. The molecule has 3 heterocycles. The van der Waals surface area contributed by atoms with Gasteiger partial charge in [0, 0.05) is 19.2 Å². The Morgan fingerprint density at radius 1 is 1.17 bits per heavy atom. The highest BCUT2D eigenvalue weighted by Gasteiger charge is 2.29. The van der Waals surface area contributed by atoms with Gasteiger partial charge in [-0.1, -0.05) is 41.4 Å². The molecule has 214 valence electrons. The highest BCUT2D eigenvalue weighted by molar-refractivity contribution is 6.32. The van der Waals surface area contributed by atoms with Crippen LogP contribution in [0.15, 0.2) is 48.5 Å². The van der Waals surface area contributed by atoms with E-state index in [-0.39, 0.29) is 17.7 Å². The molecule has 0 amide bonds. The monoisotopic (exact) mass is 575 g/mol. The molecule has 1 N–H and O–H groups in total. The van der Waals surface area contributed by atoms with Crippen molar-refractivity contribution < 1.29 is 24.1 Å². The van der Waals surface area contributed by atoms with E-state index in [0.717, 1.165) is 42.9 Å². The van der Waals surface area contributed by atoms with Crippen molar-refractivity contribution in [2.24, 2.45) is 0 Å². The Morgan fingerprint density at radius 2 is 1.95 bits per heavy atom. The number of aryl methyl sites for hydroxylation is 1. The molecule has 1 fully saturated rings. The summed E-state index contributed by atoms with van der Waals surface area (Å²) in [5.74, 6) is 0.993. The second-order valence-corrected chi connectivity index (χ2v) is 11.3. The molecule has 4 aromatic rings. The van der Waals surface area contributed by atoms with Gasteiger partial charge in [0.05, 0.1) is 42.4 Å². The van der Waals surface area contributed by atoms with Crippen molar-refractivity contribution in [3.05, 3.63) is 87.2 Å². The molecule has 6 rings (SSSR count). The number of benzene rings is 3. The van der Waals surface area contributed by atoms with Crippen molar-refractivity contribution in [1.29, 1.82) is 0 Å². The molecule has 0 saturated carbocycles. The molecule has 0 spiro atoms. The number of fused-ring (bicyclic) bond motifs is 2. The quantitative estimate of drug-likeness (QED) is 0.254. The fourth-order valence-electron chi connectivity index (χ4n) is 5.70. The van der Waals surface area contributed by atoms with Crippen LogP contribution in [0, 0.1) is 6.92 Å². The molecule has 0 bridgehead atoms. The van der Waals surface area contributed by atoms with Crippen LogP contribution in [0.25, 0.3) is 11.0 Å². The number of nitrogens with zero attached hydrogens (tertiary/aromatic N) is 3. The predicted molar refractivity (Wildman–Crippen MR) is 157 cm³/mol. The fraction of sp³-hybridized carbons (Fsp3) is 0.375. The second kappa shape index (κ2) is 11.4. The minimum atomic E-state index is -1.00. The van der Waals surface area contributed by atoms with Crippen molar-refractivity contribution in [2.45, 2.75) is 58.5 Å². The molecular formula is C32H34ClN3O5. The average molecular weight is 576 g/mol. The Morgan fingerprint density at radius 3 is 2.63 bits per heavy atom. The third-order valence-corrected chi connectivity index (χ3v) is 8.56. The van der Waals surface area contributed by atoms with Gasteiger partial charge in [-0.2, -0.15) is 0 Å². The van der Waals surface area contributed by atoms with E-state index < -0.39 is 5.97 Å². The number of aromatic nitrogens is 2. The van der Waals surface area contributed by atoms with Crippen molar-refractivity contribution in [2.75, 3.05) is 20.3 Å². The molecule has 3 aromatic carbocycles. The lowest BCUT2D eigenvalue weighted by molar-refractivity contribution is -0.0592. The minimum absolute atomic E-state index is 0.0838. The number of hydrogen-bond acceptors (Lipinski definition) is 6. The molecule has 8 nitrogen and oxygen atoms in total. The molecule has 41 heavy (non-hydrogen) atoms. The first-order valence-corrected chi connectivity index (χ1v) is 14.3. The molecule has 2 aliphatic rings. The van der Waals surface area contributed by atoms with Crippen LogP contribution in [0.1, 0.15) is 57.8 Å². The SMILES string of the molecule is COc1cc(C(=O)O)cc2c1nc(CN1CCc3cc(Cl)c(OCc4ccc(C)cc4)cc3[C@@H]1C)n2C[C@@H]1CCO1. The van der Waals surface area contributed by atoms with Crippen LogP contribution in [0.4, 0.5) is 0 Å². The van der Waals surface area contributed by atoms with Crippen LogP contribution in [-0.4, -0.2) is 51.9 Å². The Hall–Kier alpha value is -3.59. The van der Waals surface area contributed by atoms with E-state index in [4.69, 9.17) is 30.8 Å². The maximum absolute atomic E-state index is 11.9. The van der Waals surface area contributed by atoms with Gasteiger partial charge in [-0.15, -0.1) is 0 Å². The summed E-state index contributed by atoms with van der Waals surface area (Å²) in [5, 5.41) is 10.3. The number of methoxy groups -OCH3 is 1. The van der Waals surface area contributed by atoms with E-state index in [2.05, 4.69) is 53.6 Å². The highest BCUT2D eigenvalue weighted by atomic mass is 35.5. The molecule has 1 saturated heterocycles. The number of rotatable bonds is 9. The fourth-order valence-corrected chi connectivity index (χ4v) is 5.94. The third-order valence-electron chi connectivity index (χ3n) is 8.26. The van der Waals surface area contributed by atoms with Crippen LogP contribution in [0.3, 0.4) is 0 Å². The zero-order valence-electron chi connectivity index (χ0n) is 23.5. The predicted octanol–water partition coefficient (Wildman–Crippen LogP) is 6.19. The first-order valence-electron chi connectivity index (χ1n) is 14.0. The molecule has 0 aliphatic carbocycles. The van der Waals surface area contributed by atoms with Gasteiger partial charge in [-0.25, -0.2) is 9.78 Å². The largest absolute Gasteiger partial charge is 0.494 e. The first kappa shape index (κ1) is 27.6. The van der Waals surface area contributed by atoms with Crippen LogP contribution in [0.2, 0.25) is 5.02 Å². The van der Waals surface area contributed by atoms with E-state index in [1.165, 1.54) is 22.8 Å². The lowest BCUT2D eigenvalue weighted by atomic mass is 9.93. The standard InChI is InChI=1S/C32H34ClN3O5/c1-19-4-6-21(7-5-19)18-41-28-15-25-20(2)35(10-8-22(25)12-26(28)33)17-30-34-31-27(36(30)16-24-9-11-40-24)13-23(32(37)38)14-29(31)39-3/h4-7,12-15,20,24H,8-11,16-18H2,1-3H3,(H,37,38)/t20-,24-/m0/s1. The minimum Gasteiger partial charge on any atom is -0.494 e. The summed E-state index contributed by atoms with van der Waals surface area (Å²) in [7, 11) is 1.54. The summed E-state index contributed by atoms with van der Waals surface area (Å²) in [5.41, 5.74) is 6.30. The molecule has 0 unspecified atom stereocenters. The number of hydrogen-bond donors (Lipinski definition) is 1. The van der Waals surface area contributed by atoms with Crippen molar-refractivity contribution in [1.82, 2.24) is 14.5 Å². The van der Waals surface area contributed by atoms with E-state index in [0.29, 0.717) is 41.7 Å². The van der Waals surface area contributed by atoms with Crippen LogP contribution >= 0.6 is 11.6 Å². The van der Waals surface area contributed by atoms with Gasteiger partial charge >= 0.3 is 5.97 Å².